The van der Waals surface area contributed by atoms with E-state index in [0.717, 1.165) is 5.56 Å². The lowest BCUT2D eigenvalue weighted by molar-refractivity contribution is -0.142. The third-order valence-electron chi connectivity index (χ3n) is 3.31. The van der Waals surface area contributed by atoms with E-state index in [9.17, 15) is 4.79 Å². The van der Waals surface area contributed by atoms with Gasteiger partial charge in [-0.15, -0.1) is 11.8 Å². The Labute approximate surface area is 119 Å². The highest BCUT2D eigenvalue weighted by molar-refractivity contribution is 7.98. The van der Waals surface area contributed by atoms with Crippen molar-refractivity contribution in [2.24, 2.45) is 0 Å². The SMILES string of the molecule is CSc1ccccc1CC(=O)N1CC(C)OC(C)C1. The van der Waals surface area contributed by atoms with E-state index in [-0.39, 0.29) is 18.1 Å². The molecule has 0 aromatic heterocycles. The Bertz CT molecular complexity index is 440. The van der Waals surface area contributed by atoms with E-state index < -0.39 is 0 Å². The molecular formula is C15H21NO2S. The number of carbonyl (C=O) groups excluding carboxylic acids is 1. The summed E-state index contributed by atoms with van der Waals surface area (Å²) in [7, 11) is 0. The molecule has 104 valence electrons. The zero-order valence-corrected chi connectivity index (χ0v) is 12.6. The Morgan fingerprint density at radius 2 is 1.95 bits per heavy atom. The molecule has 2 atom stereocenters. The van der Waals surface area contributed by atoms with Crippen molar-refractivity contribution in [1.82, 2.24) is 4.90 Å². The summed E-state index contributed by atoms with van der Waals surface area (Å²) in [6, 6.07) is 8.11. The van der Waals surface area contributed by atoms with Crippen molar-refractivity contribution in [2.45, 2.75) is 37.4 Å². The van der Waals surface area contributed by atoms with Crippen LogP contribution in [0.25, 0.3) is 0 Å². The van der Waals surface area contributed by atoms with Gasteiger partial charge in [-0.05, 0) is 31.7 Å². The molecule has 1 saturated heterocycles. The van der Waals surface area contributed by atoms with E-state index in [2.05, 4.69) is 6.07 Å². The third-order valence-corrected chi connectivity index (χ3v) is 4.14. The van der Waals surface area contributed by atoms with Crippen LogP contribution in [0.3, 0.4) is 0 Å². The maximum Gasteiger partial charge on any atom is 0.227 e. The number of ether oxygens (including phenoxy) is 1. The predicted octanol–water partition coefficient (Wildman–Crippen LogP) is 2.59. The molecule has 2 rings (SSSR count). The van der Waals surface area contributed by atoms with Gasteiger partial charge in [-0.25, -0.2) is 0 Å². The second kappa shape index (κ2) is 6.44. The second-order valence-electron chi connectivity index (χ2n) is 5.04. The van der Waals surface area contributed by atoms with E-state index in [1.54, 1.807) is 11.8 Å². The fourth-order valence-electron chi connectivity index (χ4n) is 2.51. The largest absolute Gasteiger partial charge is 0.372 e. The lowest BCUT2D eigenvalue weighted by Crippen LogP contribution is -2.48. The summed E-state index contributed by atoms with van der Waals surface area (Å²) >= 11 is 1.69. The van der Waals surface area contributed by atoms with Crippen LogP contribution in [0.2, 0.25) is 0 Å². The number of benzene rings is 1. The molecule has 0 N–H and O–H groups in total. The van der Waals surface area contributed by atoms with Crippen LogP contribution in [0.1, 0.15) is 19.4 Å². The van der Waals surface area contributed by atoms with Crippen LogP contribution in [0.4, 0.5) is 0 Å². The first-order valence-electron chi connectivity index (χ1n) is 6.65. The molecule has 1 aliphatic rings. The maximum atomic E-state index is 12.4. The van der Waals surface area contributed by atoms with Crippen LogP contribution in [0, 0.1) is 0 Å². The topological polar surface area (TPSA) is 29.5 Å². The van der Waals surface area contributed by atoms with Crippen LogP contribution in [-0.2, 0) is 16.0 Å². The molecule has 1 aliphatic heterocycles. The summed E-state index contributed by atoms with van der Waals surface area (Å²) in [6.07, 6.45) is 2.78. The molecule has 4 heteroatoms. The van der Waals surface area contributed by atoms with Gasteiger partial charge in [0.05, 0.1) is 18.6 Å². The molecule has 19 heavy (non-hydrogen) atoms. The molecule has 0 saturated carbocycles. The fraction of sp³-hybridized carbons (Fsp3) is 0.533. The standard InChI is InChI=1S/C15H21NO2S/c1-11-9-16(10-12(2)18-11)15(17)8-13-6-4-5-7-14(13)19-3/h4-7,11-12H,8-10H2,1-3H3. The molecule has 2 unspecified atom stereocenters. The minimum atomic E-state index is 0.128. The summed E-state index contributed by atoms with van der Waals surface area (Å²) in [5, 5.41) is 0. The Hall–Kier alpha value is -1.00. The number of amides is 1. The number of hydrogen-bond donors (Lipinski definition) is 0. The van der Waals surface area contributed by atoms with Crippen LogP contribution < -0.4 is 0 Å². The van der Waals surface area contributed by atoms with Gasteiger partial charge in [-0.2, -0.15) is 0 Å². The molecule has 1 heterocycles. The van der Waals surface area contributed by atoms with E-state index in [1.165, 1.54) is 4.90 Å². The van der Waals surface area contributed by atoms with Crippen molar-refractivity contribution in [1.29, 1.82) is 0 Å². The maximum absolute atomic E-state index is 12.4. The molecule has 0 aliphatic carbocycles. The summed E-state index contributed by atoms with van der Waals surface area (Å²) < 4.78 is 5.66. The number of morpholine rings is 1. The molecule has 1 aromatic rings. The molecular weight excluding hydrogens is 258 g/mol. The van der Waals surface area contributed by atoms with Crippen molar-refractivity contribution in [3.8, 4) is 0 Å². The van der Waals surface area contributed by atoms with Gasteiger partial charge in [0, 0.05) is 18.0 Å². The van der Waals surface area contributed by atoms with Gasteiger partial charge in [-0.3, -0.25) is 4.79 Å². The lowest BCUT2D eigenvalue weighted by atomic mass is 10.1. The molecule has 1 fully saturated rings. The highest BCUT2D eigenvalue weighted by atomic mass is 32.2. The van der Waals surface area contributed by atoms with Crippen molar-refractivity contribution >= 4 is 17.7 Å². The average molecular weight is 279 g/mol. The molecule has 1 aromatic carbocycles. The van der Waals surface area contributed by atoms with Gasteiger partial charge >= 0.3 is 0 Å². The second-order valence-corrected chi connectivity index (χ2v) is 5.89. The van der Waals surface area contributed by atoms with Gasteiger partial charge in [0.1, 0.15) is 0 Å². The van der Waals surface area contributed by atoms with Crippen molar-refractivity contribution in [2.75, 3.05) is 19.3 Å². The highest BCUT2D eigenvalue weighted by Gasteiger charge is 2.25. The Balaban J connectivity index is 2.04. The zero-order valence-electron chi connectivity index (χ0n) is 11.8. The molecule has 1 amide bonds. The monoisotopic (exact) mass is 279 g/mol. The number of nitrogens with zero attached hydrogens (tertiary/aromatic N) is 1. The van der Waals surface area contributed by atoms with Crippen LogP contribution in [0.15, 0.2) is 29.2 Å². The molecule has 0 spiro atoms. The first kappa shape index (κ1) is 14.4. The van der Waals surface area contributed by atoms with Gasteiger partial charge in [0.2, 0.25) is 5.91 Å². The van der Waals surface area contributed by atoms with E-state index >= 15 is 0 Å². The molecule has 3 nitrogen and oxygen atoms in total. The summed E-state index contributed by atoms with van der Waals surface area (Å²) in [5.41, 5.74) is 1.12. The van der Waals surface area contributed by atoms with Gasteiger partial charge in [-0.1, -0.05) is 18.2 Å². The molecule has 0 radical (unpaired) electrons. The summed E-state index contributed by atoms with van der Waals surface area (Å²) in [5.74, 6) is 0.198. The third kappa shape index (κ3) is 3.74. The normalized spacial score (nSPS) is 23.4. The minimum absolute atomic E-state index is 0.128. The first-order chi connectivity index (χ1) is 9.10. The number of hydrogen-bond acceptors (Lipinski definition) is 3. The van der Waals surface area contributed by atoms with Crippen LogP contribution in [-0.4, -0.2) is 42.4 Å². The van der Waals surface area contributed by atoms with Crippen molar-refractivity contribution < 1.29 is 9.53 Å². The van der Waals surface area contributed by atoms with E-state index in [1.807, 2.05) is 43.2 Å². The zero-order chi connectivity index (χ0) is 13.8. The fourth-order valence-corrected chi connectivity index (χ4v) is 3.12. The quantitative estimate of drug-likeness (QED) is 0.797. The summed E-state index contributed by atoms with van der Waals surface area (Å²) in [6.45, 7) is 5.44. The number of thioether (sulfide) groups is 1. The number of rotatable bonds is 3. The number of carbonyl (C=O) groups is 1. The average Bonchev–Trinajstić information content (AvgIpc) is 2.38. The summed E-state index contributed by atoms with van der Waals surface area (Å²) in [4.78, 5) is 15.5. The van der Waals surface area contributed by atoms with Gasteiger partial charge in [0.25, 0.3) is 0 Å². The first-order valence-corrected chi connectivity index (χ1v) is 7.87. The molecule has 0 bridgehead atoms. The smallest absolute Gasteiger partial charge is 0.227 e. The van der Waals surface area contributed by atoms with Crippen LogP contribution >= 0.6 is 11.8 Å². The Kier molecular flexibility index (Phi) is 4.88. The Morgan fingerprint density at radius 1 is 1.32 bits per heavy atom. The van der Waals surface area contributed by atoms with Crippen molar-refractivity contribution in [3.63, 3.8) is 0 Å². The van der Waals surface area contributed by atoms with Gasteiger partial charge < -0.3 is 9.64 Å². The predicted molar refractivity (Wildman–Crippen MR) is 78.5 cm³/mol. The highest BCUT2D eigenvalue weighted by Crippen LogP contribution is 2.21. The lowest BCUT2D eigenvalue weighted by Gasteiger charge is -2.35. The minimum Gasteiger partial charge on any atom is -0.372 e. The van der Waals surface area contributed by atoms with Gasteiger partial charge in [0.15, 0.2) is 0 Å². The van der Waals surface area contributed by atoms with Crippen molar-refractivity contribution in [3.05, 3.63) is 29.8 Å². The van der Waals surface area contributed by atoms with E-state index in [4.69, 9.17) is 4.74 Å². The van der Waals surface area contributed by atoms with Crippen LogP contribution in [0.5, 0.6) is 0 Å². The van der Waals surface area contributed by atoms with E-state index in [0.29, 0.717) is 19.5 Å². The Morgan fingerprint density at radius 3 is 2.58 bits per heavy atom.